The molecule has 8 heteroatoms. The molecule has 0 amide bonds. The van der Waals surface area contributed by atoms with Gasteiger partial charge in [-0.15, -0.1) is 0 Å². The Hall–Kier alpha value is -3.65. The van der Waals surface area contributed by atoms with Gasteiger partial charge in [0.2, 0.25) is 5.72 Å². The first kappa shape index (κ1) is 23.5. The van der Waals surface area contributed by atoms with Crippen molar-refractivity contribution in [3.05, 3.63) is 83.7 Å². The van der Waals surface area contributed by atoms with Crippen LogP contribution in [0.25, 0.3) is 11.8 Å². The smallest absolute Gasteiger partial charge is 0.234 e. The molecule has 34 heavy (non-hydrogen) atoms. The average molecular weight is 465 g/mol. The summed E-state index contributed by atoms with van der Waals surface area (Å²) in [5.41, 5.74) is 1.42. The average Bonchev–Trinajstić information content (AvgIpc) is 3.35. The van der Waals surface area contributed by atoms with E-state index >= 15 is 0 Å². The molecule has 4 rings (SSSR count). The van der Waals surface area contributed by atoms with Crippen LogP contribution >= 0.6 is 0 Å². The molecule has 0 spiro atoms. The van der Waals surface area contributed by atoms with Gasteiger partial charge in [0.1, 0.15) is 11.6 Å². The molecule has 2 aromatic carbocycles. The lowest BCUT2D eigenvalue weighted by Crippen LogP contribution is -2.49. The molecule has 1 aliphatic rings. The second kappa shape index (κ2) is 8.95. The quantitative estimate of drug-likeness (QED) is 0.552. The fourth-order valence-electron chi connectivity index (χ4n) is 3.89. The highest BCUT2D eigenvalue weighted by molar-refractivity contribution is 5.97. The van der Waals surface area contributed by atoms with Gasteiger partial charge in [-0.25, -0.2) is 9.37 Å². The van der Waals surface area contributed by atoms with E-state index in [-0.39, 0.29) is 12.4 Å². The molecule has 1 unspecified atom stereocenters. The summed E-state index contributed by atoms with van der Waals surface area (Å²) in [4.78, 5) is 12.0. The zero-order valence-electron chi connectivity index (χ0n) is 20.0. The lowest BCUT2D eigenvalue weighted by Gasteiger charge is -2.37. The highest BCUT2D eigenvalue weighted by Gasteiger charge is 2.44. The van der Waals surface area contributed by atoms with Crippen LogP contribution in [0.3, 0.4) is 0 Å². The number of aryl methyl sites for hydroxylation is 1. The van der Waals surface area contributed by atoms with Crippen LogP contribution in [0.15, 0.2) is 66.2 Å². The molecule has 1 aliphatic heterocycles. The van der Waals surface area contributed by atoms with Gasteiger partial charge in [0.25, 0.3) is 0 Å². The first-order valence-corrected chi connectivity index (χ1v) is 11.0. The normalized spacial score (nSPS) is 18.3. The summed E-state index contributed by atoms with van der Waals surface area (Å²) >= 11 is 0. The van der Waals surface area contributed by atoms with Gasteiger partial charge in [-0.1, -0.05) is 29.4 Å². The maximum Gasteiger partial charge on any atom is 0.234 e. The van der Waals surface area contributed by atoms with Crippen LogP contribution in [-0.4, -0.2) is 44.6 Å². The van der Waals surface area contributed by atoms with Gasteiger partial charge in [0.15, 0.2) is 5.84 Å². The van der Waals surface area contributed by atoms with E-state index in [1.807, 2.05) is 59.9 Å². The zero-order chi connectivity index (χ0) is 24.5. The van der Waals surface area contributed by atoms with E-state index in [0.29, 0.717) is 11.6 Å². The summed E-state index contributed by atoms with van der Waals surface area (Å²) in [6, 6.07) is 12.0. The van der Waals surface area contributed by atoms with Gasteiger partial charge < -0.3 is 24.1 Å². The van der Waals surface area contributed by atoms with Crippen molar-refractivity contribution in [2.24, 2.45) is 5.16 Å². The molecule has 1 N–H and O–H groups in total. The number of methoxy groups -OCH3 is 1. The lowest BCUT2D eigenvalue weighted by molar-refractivity contribution is -0.109. The van der Waals surface area contributed by atoms with E-state index in [0.717, 1.165) is 22.5 Å². The van der Waals surface area contributed by atoms with Crippen LogP contribution in [-0.2, 0) is 10.6 Å². The third kappa shape index (κ3) is 4.82. The summed E-state index contributed by atoms with van der Waals surface area (Å²) in [6.45, 7) is 7.48. The van der Waals surface area contributed by atoms with E-state index in [1.165, 1.54) is 12.1 Å². The molecule has 0 aliphatic carbocycles. The van der Waals surface area contributed by atoms with Crippen LogP contribution in [0.5, 0.6) is 5.75 Å². The molecule has 0 fully saturated rings. The van der Waals surface area contributed by atoms with Crippen LogP contribution in [0.1, 0.15) is 37.6 Å². The summed E-state index contributed by atoms with van der Waals surface area (Å²) < 4.78 is 21.0. The lowest BCUT2D eigenvalue weighted by atomic mass is 9.99. The van der Waals surface area contributed by atoms with Crippen molar-refractivity contribution in [1.29, 1.82) is 0 Å². The van der Waals surface area contributed by atoms with Crippen molar-refractivity contribution in [3.63, 3.8) is 0 Å². The number of amidine groups is 1. The number of aromatic nitrogens is 2. The van der Waals surface area contributed by atoms with Gasteiger partial charge in [-0.05, 0) is 56.7 Å². The van der Waals surface area contributed by atoms with E-state index in [1.54, 1.807) is 39.4 Å². The van der Waals surface area contributed by atoms with Gasteiger partial charge >= 0.3 is 0 Å². The van der Waals surface area contributed by atoms with E-state index in [9.17, 15) is 9.50 Å². The zero-order valence-corrected chi connectivity index (χ0v) is 20.0. The Balaban J connectivity index is 1.63. The van der Waals surface area contributed by atoms with Crippen molar-refractivity contribution in [1.82, 2.24) is 14.5 Å². The largest absolute Gasteiger partial charge is 0.495 e. The van der Waals surface area contributed by atoms with Crippen LogP contribution in [0.2, 0.25) is 0 Å². The monoisotopic (exact) mass is 464 g/mol. The number of imidazole rings is 1. The second-order valence-corrected chi connectivity index (χ2v) is 9.12. The van der Waals surface area contributed by atoms with Crippen molar-refractivity contribution in [3.8, 4) is 11.4 Å². The Morgan fingerprint density at radius 3 is 2.53 bits per heavy atom. The third-order valence-electron chi connectivity index (χ3n) is 5.65. The Bertz CT molecular complexity index is 1230. The summed E-state index contributed by atoms with van der Waals surface area (Å²) in [7, 11) is 1.63. The van der Waals surface area contributed by atoms with Crippen LogP contribution < -0.4 is 4.74 Å². The molecular weight excluding hydrogens is 435 g/mol. The number of benzene rings is 2. The van der Waals surface area contributed by atoms with Gasteiger partial charge in [0, 0.05) is 18.7 Å². The molecule has 1 atom stereocenters. The minimum absolute atomic E-state index is 0.256. The predicted octanol–water partition coefficient (Wildman–Crippen LogP) is 4.63. The number of hydrogen-bond donors (Lipinski definition) is 1. The minimum Gasteiger partial charge on any atom is -0.495 e. The Labute approximate surface area is 198 Å². The molecule has 0 bridgehead atoms. The van der Waals surface area contributed by atoms with Crippen LogP contribution in [0.4, 0.5) is 4.39 Å². The topological polar surface area (TPSA) is 72.1 Å². The van der Waals surface area contributed by atoms with Crippen molar-refractivity contribution in [2.45, 2.75) is 39.0 Å². The first-order valence-electron chi connectivity index (χ1n) is 11.0. The van der Waals surface area contributed by atoms with Gasteiger partial charge in [0.05, 0.1) is 37.0 Å². The highest BCUT2D eigenvalue weighted by atomic mass is 19.1. The SMILES string of the molecule is COc1cc(C=CC2=NOC(C)(c3ccc(F)cc3)N2CC(C)(C)O)ccc1-n1cnc(C)c1. The Morgan fingerprint density at radius 2 is 1.91 bits per heavy atom. The van der Waals surface area contributed by atoms with E-state index in [2.05, 4.69) is 10.1 Å². The molecule has 7 nitrogen and oxygen atoms in total. The maximum absolute atomic E-state index is 13.5. The molecule has 0 saturated heterocycles. The summed E-state index contributed by atoms with van der Waals surface area (Å²) in [5, 5.41) is 14.8. The van der Waals surface area contributed by atoms with Crippen molar-refractivity contribution in [2.75, 3.05) is 13.7 Å². The number of oxime groups is 1. The fraction of sp³-hybridized carbons (Fsp3) is 0.308. The van der Waals surface area contributed by atoms with Gasteiger partial charge in [-0.3, -0.25) is 0 Å². The van der Waals surface area contributed by atoms with E-state index in [4.69, 9.17) is 9.57 Å². The number of nitrogens with zero attached hydrogens (tertiary/aromatic N) is 4. The number of ether oxygens (including phenoxy) is 1. The minimum atomic E-state index is -1.02. The third-order valence-corrected chi connectivity index (χ3v) is 5.65. The first-order chi connectivity index (χ1) is 16.1. The Morgan fingerprint density at radius 1 is 1.18 bits per heavy atom. The predicted molar refractivity (Wildman–Crippen MR) is 129 cm³/mol. The Kier molecular flexibility index (Phi) is 6.18. The van der Waals surface area contributed by atoms with Crippen molar-refractivity contribution < 1.29 is 19.1 Å². The summed E-state index contributed by atoms with van der Waals surface area (Å²) in [6.07, 6.45) is 7.42. The number of rotatable bonds is 7. The van der Waals surface area contributed by atoms with E-state index < -0.39 is 11.3 Å². The summed E-state index contributed by atoms with van der Waals surface area (Å²) in [5.74, 6) is 0.916. The number of hydrogen-bond acceptors (Lipinski definition) is 6. The second-order valence-electron chi connectivity index (χ2n) is 9.12. The maximum atomic E-state index is 13.5. The standard InChI is InChI=1S/C26H29FN4O3/c1-18-15-30(17-28-18)22-12-6-19(14-23(22)33-5)7-13-24-29-34-26(4,31(24)16-25(2,3)32)20-8-10-21(27)11-9-20/h6-15,17,32H,16H2,1-5H3. The molecular formula is C26H29FN4O3. The van der Waals surface area contributed by atoms with Crippen molar-refractivity contribution >= 4 is 11.9 Å². The molecule has 1 aromatic heterocycles. The number of β-amino-alcohol motifs (C(OH)–C–C–N with tert-alkyl or cyclic N) is 1. The van der Waals surface area contributed by atoms with Gasteiger partial charge in [-0.2, -0.15) is 0 Å². The molecule has 0 saturated carbocycles. The molecule has 3 aromatic rings. The molecule has 178 valence electrons. The number of aliphatic hydroxyl groups is 1. The molecule has 0 radical (unpaired) electrons. The van der Waals surface area contributed by atoms with Crippen LogP contribution in [0, 0.1) is 12.7 Å². The highest BCUT2D eigenvalue weighted by Crippen LogP contribution is 2.36. The molecule has 2 heterocycles. The fourth-order valence-corrected chi connectivity index (χ4v) is 3.89. The number of halogens is 1.